The molecule has 0 radical (unpaired) electrons. The number of benzene rings is 1. The Labute approximate surface area is 160 Å². The van der Waals surface area contributed by atoms with Crippen LogP contribution < -0.4 is 5.73 Å². The van der Waals surface area contributed by atoms with Gasteiger partial charge < -0.3 is 5.73 Å². The van der Waals surface area contributed by atoms with Crippen LogP contribution in [0.25, 0.3) is 0 Å². The van der Waals surface area contributed by atoms with E-state index in [0.717, 1.165) is 6.42 Å². The van der Waals surface area contributed by atoms with Crippen molar-refractivity contribution in [3.63, 3.8) is 0 Å². The summed E-state index contributed by atoms with van der Waals surface area (Å²) in [5.41, 5.74) is 7.08. The van der Waals surface area contributed by atoms with E-state index in [1.165, 1.54) is 22.6 Å². The third-order valence-corrected chi connectivity index (χ3v) is 5.73. The first kappa shape index (κ1) is 19.3. The highest BCUT2D eigenvalue weighted by molar-refractivity contribution is 6.00. The molecular formula is C22H28FN3O. The lowest BCUT2D eigenvalue weighted by atomic mass is 9.68. The predicted octanol–water partition coefficient (Wildman–Crippen LogP) is 3.99. The molecule has 27 heavy (non-hydrogen) atoms. The number of carbonyl (C=O) groups is 1. The highest BCUT2D eigenvalue weighted by atomic mass is 19.1. The van der Waals surface area contributed by atoms with Crippen LogP contribution in [0.1, 0.15) is 39.7 Å². The summed E-state index contributed by atoms with van der Waals surface area (Å²) in [6.07, 6.45) is 7.15. The van der Waals surface area contributed by atoms with Crippen LogP contribution in [-0.4, -0.2) is 23.8 Å². The minimum atomic E-state index is -0.919. The van der Waals surface area contributed by atoms with Crippen molar-refractivity contribution in [2.24, 2.45) is 28.0 Å². The molecule has 1 aromatic rings. The lowest BCUT2D eigenvalue weighted by molar-refractivity contribution is -0.135. The Morgan fingerprint density at radius 3 is 2.59 bits per heavy atom. The molecule has 1 amide bonds. The van der Waals surface area contributed by atoms with E-state index in [4.69, 9.17) is 5.73 Å². The van der Waals surface area contributed by atoms with Crippen LogP contribution in [0.15, 0.2) is 53.1 Å². The number of nitrogens with zero attached hydrogens (tertiary/aromatic N) is 2. The molecule has 0 spiro atoms. The second-order valence-corrected chi connectivity index (χ2v) is 8.67. The molecule has 1 heterocycles. The Morgan fingerprint density at radius 2 is 2.04 bits per heavy atom. The second-order valence-electron chi connectivity index (χ2n) is 8.67. The van der Waals surface area contributed by atoms with Crippen molar-refractivity contribution in [2.45, 2.75) is 39.7 Å². The first-order valence-corrected chi connectivity index (χ1v) is 9.32. The van der Waals surface area contributed by atoms with Crippen LogP contribution >= 0.6 is 0 Å². The molecular weight excluding hydrogens is 341 g/mol. The Kier molecular flexibility index (Phi) is 4.74. The maximum atomic E-state index is 13.9. The normalized spacial score (nSPS) is 28.8. The van der Waals surface area contributed by atoms with Crippen LogP contribution in [-0.2, 0) is 10.3 Å². The highest BCUT2D eigenvalue weighted by Gasteiger charge is 2.49. The summed E-state index contributed by atoms with van der Waals surface area (Å²) in [6, 6.07) is 6.31. The summed E-state index contributed by atoms with van der Waals surface area (Å²) in [7, 11) is 1.64. The number of aliphatic imine (C=N–C) groups is 1. The summed E-state index contributed by atoms with van der Waals surface area (Å²) in [6.45, 7) is 8.39. The van der Waals surface area contributed by atoms with Gasteiger partial charge in [-0.05, 0) is 47.9 Å². The molecule has 4 nitrogen and oxygen atoms in total. The zero-order valence-corrected chi connectivity index (χ0v) is 16.7. The van der Waals surface area contributed by atoms with Gasteiger partial charge in [0.1, 0.15) is 5.82 Å². The van der Waals surface area contributed by atoms with E-state index in [0.29, 0.717) is 5.56 Å². The van der Waals surface area contributed by atoms with E-state index in [9.17, 15) is 9.18 Å². The van der Waals surface area contributed by atoms with Gasteiger partial charge in [0.25, 0.3) is 0 Å². The van der Waals surface area contributed by atoms with Crippen LogP contribution in [0.4, 0.5) is 4.39 Å². The molecule has 1 aliphatic carbocycles. The van der Waals surface area contributed by atoms with Crippen LogP contribution in [0, 0.1) is 23.1 Å². The molecule has 1 unspecified atom stereocenters. The number of carbonyl (C=O) groups excluding carboxylic acids is 1. The van der Waals surface area contributed by atoms with E-state index in [-0.39, 0.29) is 29.0 Å². The monoisotopic (exact) mass is 369 g/mol. The summed E-state index contributed by atoms with van der Waals surface area (Å²) in [5.74, 6) is -0.756. The van der Waals surface area contributed by atoms with Gasteiger partial charge in [-0.3, -0.25) is 9.69 Å². The number of rotatable bonds is 2. The number of halogens is 1. The number of hydrogen-bond acceptors (Lipinski definition) is 3. The van der Waals surface area contributed by atoms with Gasteiger partial charge in [-0.25, -0.2) is 9.38 Å². The van der Waals surface area contributed by atoms with E-state index < -0.39 is 11.5 Å². The van der Waals surface area contributed by atoms with Crippen LogP contribution in [0.2, 0.25) is 0 Å². The van der Waals surface area contributed by atoms with E-state index in [1.807, 2.05) is 13.0 Å². The largest absolute Gasteiger partial charge is 0.369 e. The van der Waals surface area contributed by atoms with Crippen LogP contribution in [0.5, 0.6) is 0 Å². The third-order valence-electron chi connectivity index (χ3n) is 5.73. The maximum Gasteiger partial charge on any atom is 0.235 e. The average Bonchev–Trinajstić information content (AvgIpc) is 2.59. The van der Waals surface area contributed by atoms with Gasteiger partial charge in [0, 0.05) is 7.05 Å². The fourth-order valence-corrected chi connectivity index (χ4v) is 4.03. The number of allylic oxidation sites excluding steroid dienone is 4. The van der Waals surface area contributed by atoms with Crippen LogP contribution in [0.3, 0.4) is 0 Å². The van der Waals surface area contributed by atoms with Crippen molar-refractivity contribution in [1.82, 2.24) is 4.90 Å². The van der Waals surface area contributed by atoms with E-state index >= 15 is 0 Å². The smallest absolute Gasteiger partial charge is 0.235 e. The van der Waals surface area contributed by atoms with Gasteiger partial charge in [-0.2, -0.15) is 0 Å². The van der Waals surface area contributed by atoms with Crippen molar-refractivity contribution in [3.8, 4) is 0 Å². The maximum absolute atomic E-state index is 13.9. The van der Waals surface area contributed by atoms with Gasteiger partial charge in [0.2, 0.25) is 5.91 Å². The van der Waals surface area contributed by atoms with Gasteiger partial charge >= 0.3 is 0 Å². The molecule has 3 rings (SSSR count). The Balaban J connectivity index is 2.05. The standard InChI is InChI=1S/C22H28FN3O/c1-21(2,3)15-11-9-14(10-12-15)18-19(27)26(5)20(24)25-22(18,4)16-7-6-8-17(23)13-16/h6-9,11-14,18H,10H2,1-5H3,(H2,24,25)/t14?,18-,22+/m0/s1. The Bertz CT molecular complexity index is 849. The third kappa shape index (κ3) is 3.43. The molecule has 3 atom stereocenters. The molecule has 0 fully saturated rings. The summed E-state index contributed by atoms with van der Waals surface area (Å²) < 4.78 is 13.9. The number of guanidine groups is 1. The Hall–Kier alpha value is -2.43. The molecule has 1 aliphatic heterocycles. The molecule has 144 valence electrons. The zero-order chi connectivity index (χ0) is 20.0. The fraction of sp³-hybridized carbons (Fsp3) is 0.455. The first-order valence-electron chi connectivity index (χ1n) is 9.32. The fourth-order valence-electron chi connectivity index (χ4n) is 4.03. The first-order chi connectivity index (χ1) is 12.5. The molecule has 0 saturated carbocycles. The van der Waals surface area contributed by atoms with E-state index in [2.05, 4.69) is 44.0 Å². The topological polar surface area (TPSA) is 58.7 Å². The SMILES string of the molecule is CN1C(=O)[C@H](C2C=CC(C(C)(C)C)=CC2)[C@@](C)(c2cccc(F)c2)N=C1N. The molecule has 0 aromatic heterocycles. The van der Waals surface area contributed by atoms with Crippen molar-refractivity contribution in [1.29, 1.82) is 0 Å². The molecule has 1 aromatic carbocycles. The highest BCUT2D eigenvalue weighted by Crippen LogP contribution is 2.45. The minimum Gasteiger partial charge on any atom is -0.369 e. The average molecular weight is 369 g/mol. The lowest BCUT2D eigenvalue weighted by Gasteiger charge is -2.44. The van der Waals surface area contributed by atoms with Crippen molar-refractivity contribution in [3.05, 3.63) is 59.4 Å². The number of amides is 1. The second kappa shape index (κ2) is 6.63. The minimum absolute atomic E-state index is 0.0313. The quantitative estimate of drug-likeness (QED) is 0.857. The number of hydrogen-bond donors (Lipinski definition) is 1. The van der Waals surface area contributed by atoms with Crippen molar-refractivity contribution >= 4 is 11.9 Å². The lowest BCUT2D eigenvalue weighted by Crippen LogP contribution is -2.55. The molecule has 5 heteroatoms. The van der Waals surface area contributed by atoms with E-state index in [1.54, 1.807) is 13.1 Å². The molecule has 0 saturated heterocycles. The van der Waals surface area contributed by atoms with Gasteiger partial charge in [-0.1, -0.05) is 51.1 Å². The van der Waals surface area contributed by atoms with Gasteiger partial charge in [0.05, 0.1) is 11.5 Å². The molecule has 0 bridgehead atoms. The number of nitrogens with two attached hydrogens (primary N) is 1. The van der Waals surface area contributed by atoms with Crippen molar-refractivity contribution in [2.75, 3.05) is 7.05 Å². The summed E-state index contributed by atoms with van der Waals surface area (Å²) in [5, 5.41) is 0. The van der Waals surface area contributed by atoms with Gasteiger partial charge in [0.15, 0.2) is 5.96 Å². The zero-order valence-electron chi connectivity index (χ0n) is 16.7. The Morgan fingerprint density at radius 1 is 1.33 bits per heavy atom. The van der Waals surface area contributed by atoms with Gasteiger partial charge in [-0.15, -0.1) is 0 Å². The predicted molar refractivity (Wildman–Crippen MR) is 106 cm³/mol. The summed E-state index contributed by atoms with van der Waals surface area (Å²) in [4.78, 5) is 19.3. The molecule has 2 N–H and O–H groups in total. The molecule has 2 aliphatic rings. The van der Waals surface area contributed by atoms with Crippen molar-refractivity contribution < 1.29 is 9.18 Å². The summed E-state index contributed by atoms with van der Waals surface area (Å²) >= 11 is 0.